The Balaban J connectivity index is 2.21. The fourth-order valence-corrected chi connectivity index (χ4v) is 4.32. The molecule has 1 saturated heterocycles. The van der Waals surface area contributed by atoms with Crippen molar-refractivity contribution in [2.45, 2.75) is 46.7 Å². The lowest BCUT2D eigenvalue weighted by Gasteiger charge is -2.27. The molecule has 1 N–H and O–H groups in total. The number of nitrogens with zero attached hydrogens (tertiary/aromatic N) is 2. The third kappa shape index (κ3) is 4.07. The molecule has 0 amide bonds. The lowest BCUT2D eigenvalue weighted by Crippen LogP contribution is -2.35. The van der Waals surface area contributed by atoms with Gasteiger partial charge in [0, 0.05) is 42.8 Å². The number of morpholine rings is 1. The van der Waals surface area contributed by atoms with Gasteiger partial charge in [-0.05, 0) is 42.3 Å². The van der Waals surface area contributed by atoms with Gasteiger partial charge >= 0.3 is 5.97 Å². The van der Waals surface area contributed by atoms with E-state index in [-0.39, 0.29) is 11.7 Å². The van der Waals surface area contributed by atoms with Crippen molar-refractivity contribution in [1.82, 2.24) is 9.47 Å². The molecule has 1 aromatic heterocycles. The number of rotatable bonds is 7. The average Bonchev–Trinajstić information content (AvgIpc) is 2.96. The summed E-state index contributed by atoms with van der Waals surface area (Å²) in [5, 5.41) is 11.7. The number of hydrogen-bond donors (Lipinski definition) is 1. The fourth-order valence-electron chi connectivity index (χ4n) is 3.86. The molecule has 1 fully saturated rings. The summed E-state index contributed by atoms with van der Waals surface area (Å²) < 4.78 is 13.6. The number of phenolic OH excluding ortho intramolecular Hbond substituents is 1. The summed E-state index contributed by atoms with van der Waals surface area (Å²) in [5.74, 6) is -0.137. The van der Waals surface area contributed by atoms with Crippen molar-refractivity contribution in [2.24, 2.45) is 0 Å². The minimum atomic E-state index is -0.329. The molecule has 1 aromatic carbocycles. The maximum Gasteiger partial charge on any atom is 0.340 e. The number of phenols is 1. The van der Waals surface area contributed by atoms with Gasteiger partial charge in [-0.3, -0.25) is 4.90 Å². The van der Waals surface area contributed by atoms with Crippen LogP contribution < -0.4 is 0 Å². The second-order valence-electron chi connectivity index (χ2n) is 7.15. The van der Waals surface area contributed by atoms with E-state index in [4.69, 9.17) is 9.47 Å². The molecule has 3 rings (SSSR count). The van der Waals surface area contributed by atoms with Crippen LogP contribution in [0.3, 0.4) is 0 Å². The minimum absolute atomic E-state index is 0.192. The van der Waals surface area contributed by atoms with Crippen LogP contribution in [0.5, 0.6) is 5.75 Å². The average molecular weight is 453 g/mol. The van der Waals surface area contributed by atoms with Crippen LogP contribution in [0.1, 0.15) is 48.3 Å². The number of esters is 1. The summed E-state index contributed by atoms with van der Waals surface area (Å²) in [6.07, 6.45) is 2.08. The van der Waals surface area contributed by atoms with E-state index in [2.05, 4.69) is 32.3 Å². The highest BCUT2D eigenvalue weighted by atomic mass is 79.9. The molecule has 0 spiro atoms. The van der Waals surface area contributed by atoms with Crippen LogP contribution in [-0.2, 0) is 22.6 Å². The Hall–Kier alpha value is -1.57. The second-order valence-corrected chi connectivity index (χ2v) is 8.01. The molecule has 6 nitrogen and oxygen atoms in total. The predicted octanol–water partition coefficient (Wildman–Crippen LogP) is 4.23. The van der Waals surface area contributed by atoms with Crippen LogP contribution in [0.2, 0.25) is 0 Å². The van der Waals surface area contributed by atoms with Crippen LogP contribution in [0.4, 0.5) is 0 Å². The molecule has 7 heteroatoms. The molecule has 2 aromatic rings. The molecule has 28 heavy (non-hydrogen) atoms. The molecule has 1 aliphatic rings. The van der Waals surface area contributed by atoms with Crippen LogP contribution in [0.15, 0.2) is 10.5 Å². The standard InChI is InChI=1S/C21H29BrN2O4/c1-4-6-7-24-14(3)18(21(26)28-5-2)19-15(13-23-8-10-27-11-9-23)20(25)16(22)12-17(19)24/h12,25H,4-11,13H2,1-3H3. The summed E-state index contributed by atoms with van der Waals surface area (Å²) in [4.78, 5) is 15.1. The van der Waals surface area contributed by atoms with Gasteiger partial charge < -0.3 is 19.1 Å². The molecule has 0 unspecified atom stereocenters. The number of unbranched alkanes of at least 4 members (excludes halogenated alkanes) is 1. The molecule has 0 radical (unpaired) electrons. The van der Waals surface area contributed by atoms with E-state index in [0.29, 0.717) is 36.4 Å². The van der Waals surface area contributed by atoms with Crippen LogP contribution in [-0.4, -0.2) is 53.5 Å². The Labute approximate surface area is 174 Å². The van der Waals surface area contributed by atoms with Gasteiger partial charge in [0.2, 0.25) is 0 Å². The summed E-state index contributed by atoms with van der Waals surface area (Å²) >= 11 is 3.51. The Bertz CT molecular complexity index is 856. The maximum absolute atomic E-state index is 12.8. The van der Waals surface area contributed by atoms with Gasteiger partial charge in [0.1, 0.15) is 5.75 Å². The number of aryl methyl sites for hydroxylation is 1. The Morgan fingerprint density at radius 3 is 2.68 bits per heavy atom. The highest BCUT2D eigenvalue weighted by molar-refractivity contribution is 9.10. The van der Waals surface area contributed by atoms with Crippen molar-refractivity contribution in [1.29, 1.82) is 0 Å². The first-order valence-corrected chi connectivity index (χ1v) is 10.8. The molecular formula is C21H29BrN2O4. The van der Waals surface area contributed by atoms with Crippen LogP contribution in [0, 0.1) is 6.92 Å². The fraction of sp³-hybridized carbons (Fsp3) is 0.571. The number of aromatic nitrogens is 1. The van der Waals surface area contributed by atoms with Crippen molar-refractivity contribution in [3.05, 3.63) is 27.4 Å². The van der Waals surface area contributed by atoms with Gasteiger partial charge in [-0.1, -0.05) is 13.3 Å². The van der Waals surface area contributed by atoms with Crippen LogP contribution >= 0.6 is 15.9 Å². The summed E-state index contributed by atoms with van der Waals surface area (Å²) in [6.45, 7) is 10.6. The topological polar surface area (TPSA) is 63.9 Å². The third-order valence-electron chi connectivity index (χ3n) is 5.34. The van der Waals surface area contributed by atoms with Crippen molar-refractivity contribution in [3.63, 3.8) is 0 Å². The third-order valence-corrected chi connectivity index (χ3v) is 5.95. The van der Waals surface area contributed by atoms with Crippen molar-refractivity contribution in [3.8, 4) is 5.75 Å². The zero-order valence-electron chi connectivity index (χ0n) is 16.9. The highest BCUT2D eigenvalue weighted by Crippen LogP contribution is 2.40. The summed E-state index contributed by atoms with van der Waals surface area (Å²) in [7, 11) is 0. The zero-order valence-corrected chi connectivity index (χ0v) is 18.5. The smallest absolute Gasteiger partial charge is 0.340 e. The van der Waals surface area contributed by atoms with Gasteiger partial charge in [-0.2, -0.15) is 0 Å². The molecule has 1 aliphatic heterocycles. The molecule has 2 heterocycles. The molecule has 154 valence electrons. The first kappa shape index (κ1) is 21.1. The van der Waals surface area contributed by atoms with Crippen LogP contribution in [0.25, 0.3) is 10.9 Å². The first-order valence-electron chi connectivity index (χ1n) is 9.99. The summed E-state index contributed by atoms with van der Waals surface area (Å²) in [5.41, 5.74) is 3.19. The molecule has 0 bridgehead atoms. The molecule has 0 atom stereocenters. The van der Waals surface area contributed by atoms with E-state index >= 15 is 0 Å². The quantitative estimate of drug-likeness (QED) is 0.636. The molecular weight excluding hydrogens is 424 g/mol. The number of carbonyl (C=O) groups is 1. The lowest BCUT2D eigenvalue weighted by molar-refractivity contribution is 0.0340. The molecule has 0 aliphatic carbocycles. The number of halogens is 1. The number of benzene rings is 1. The maximum atomic E-state index is 12.8. The summed E-state index contributed by atoms with van der Waals surface area (Å²) in [6, 6.07) is 1.92. The van der Waals surface area contributed by atoms with E-state index in [0.717, 1.165) is 54.6 Å². The first-order chi connectivity index (χ1) is 13.5. The number of carbonyl (C=O) groups excluding carboxylic acids is 1. The van der Waals surface area contributed by atoms with Crippen molar-refractivity contribution < 1.29 is 19.4 Å². The number of hydrogen-bond acceptors (Lipinski definition) is 5. The van der Waals surface area contributed by atoms with E-state index in [1.807, 2.05) is 19.9 Å². The Morgan fingerprint density at radius 1 is 1.32 bits per heavy atom. The van der Waals surface area contributed by atoms with E-state index in [1.165, 1.54) is 0 Å². The van der Waals surface area contributed by atoms with E-state index in [1.54, 1.807) is 0 Å². The van der Waals surface area contributed by atoms with Gasteiger partial charge in [0.25, 0.3) is 0 Å². The van der Waals surface area contributed by atoms with E-state index in [9.17, 15) is 9.90 Å². The van der Waals surface area contributed by atoms with E-state index < -0.39 is 0 Å². The second kappa shape index (κ2) is 9.29. The lowest BCUT2D eigenvalue weighted by atomic mass is 10.0. The van der Waals surface area contributed by atoms with Gasteiger partial charge in [0.15, 0.2) is 0 Å². The predicted molar refractivity (Wildman–Crippen MR) is 113 cm³/mol. The molecule has 0 saturated carbocycles. The largest absolute Gasteiger partial charge is 0.506 e. The SMILES string of the molecule is CCCCn1c(C)c(C(=O)OCC)c2c(CN3CCOCC3)c(O)c(Br)cc21. The zero-order chi connectivity index (χ0) is 20.3. The van der Waals surface area contributed by atoms with Crippen molar-refractivity contribution in [2.75, 3.05) is 32.9 Å². The number of ether oxygens (including phenoxy) is 2. The van der Waals surface area contributed by atoms with Gasteiger partial charge in [-0.25, -0.2) is 4.79 Å². The van der Waals surface area contributed by atoms with Gasteiger partial charge in [0.05, 0.1) is 35.4 Å². The monoisotopic (exact) mass is 452 g/mol. The normalized spacial score (nSPS) is 15.3. The Morgan fingerprint density at radius 2 is 2.04 bits per heavy atom. The number of aromatic hydroxyl groups is 1. The van der Waals surface area contributed by atoms with Crippen molar-refractivity contribution >= 4 is 32.8 Å². The van der Waals surface area contributed by atoms with Gasteiger partial charge in [-0.15, -0.1) is 0 Å². The minimum Gasteiger partial charge on any atom is -0.506 e. The number of fused-ring (bicyclic) bond motifs is 1. The Kier molecular flexibility index (Phi) is 7.01. The highest BCUT2D eigenvalue weighted by Gasteiger charge is 2.27.